The third kappa shape index (κ3) is 5.19. The highest BCUT2D eigenvalue weighted by atomic mass is 32.2. The van der Waals surface area contributed by atoms with Gasteiger partial charge in [-0.05, 0) is 67.9 Å². The standard InChI is InChI=1S/C26H30N4O3S/c1-33-20-12-21-17(3-2-4-22(21)28-14-20)11-23(31)16-5-7-18(8-6-16)27-13-19-9-10-24-26(29-19)30-25(32)15-34-24/h2-4,9-10,12,14,16,18,23,27,31H,5-8,11,13,15H2,1H3,(H,29,30,32)/t16?,18?,23-/m1/s1. The fourth-order valence-electron chi connectivity index (χ4n) is 4.93. The van der Waals surface area contributed by atoms with Crippen LogP contribution in [0.2, 0.25) is 0 Å². The lowest BCUT2D eigenvalue weighted by atomic mass is 9.80. The van der Waals surface area contributed by atoms with E-state index >= 15 is 0 Å². The van der Waals surface area contributed by atoms with Crippen LogP contribution in [0.25, 0.3) is 10.9 Å². The molecule has 5 rings (SSSR count). The predicted molar refractivity (Wildman–Crippen MR) is 134 cm³/mol. The highest BCUT2D eigenvalue weighted by Gasteiger charge is 2.27. The molecule has 1 aliphatic heterocycles. The van der Waals surface area contributed by atoms with Crippen LogP contribution in [-0.2, 0) is 17.8 Å². The molecule has 1 atom stereocenters. The summed E-state index contributed by atoms with van der Waals surface area (Å²) in [5, 5.41) is 18.5. The van der Waals surface area contributed by atoms with E-state index in [9.17, 15) is 9.90 Å². The van der Waals surface area contributed by atoms with Gasteiger partial charge in [-0.2, -0.15) is 0 Å². The smallest absolute Gasteiger partial charge is 0.235 e. The number of amides is 1. The van der Waals surface area contributed by atoms with Crippen LogP contribution >= 0.6 is 11.8 Å². The Bertz CT molecular complexity index is 1180. The van der Waals surface area contributed by atoms with Gasteiger partial charge >= 0.3 is 0 Å². The van der Waals surface area contributed by atoms with Gasteiger partial charge in [-0.3, -0.25) is 9.78 Å². The van der Waals surface area contributed by atoms with Crippen molar-refractivity contribution in [3.8, 4) is 5.75 Å². The molecule has 7 nitrogen and oxygen atoms in total. The Hall–Kier alpha value is -2.68. The van der Waals surface area contributed by atoms with Gasteiger partial charge in [0.25, 0.3) is 0 Å². The van der Waals surface area contributed by atoms with Gasteiger partial charge in [0.2, 0.25) is 5.91 Å². The summed E-state index contributed by atoms with van der Waals surface area (Å²) in [6, 6.07) is 12.6. The van der Waals surface area contributed by atoms with Gasteiger partial charge in [-0.15, -0.1) is 11.8 Å². The first kappa shape index (κ1) is 23.1. The van der Waals surface area contributed by atoms with E-state index in [1.165, 1.54) is 11.8 Å². The molecule has 2 aliphatic rings. The van der Waals surface area contributed by atoms with Crippen LogP contribution in [0.5, 0.6) is 5.75 Å². The topological polar surface area (TPSA) is 96.4 Å². The second kappa shape index (κ2) is 10.3. The molecule has 2 aromatic heterocycles. The third-order valence-corrected chi connectivity index (χ3v) is 7.92. The molecule has 0 spiro atoms. The minimum atomic E-state index is -0.374. The van der Waals surface area contributed by atoms with Gasteiger partial charge < -0.3 is 20.5 Å². The number of carbonyl (C=O) groups is 1. The van der Waals surface area contributed by atoms with Gasteiger partial charge in [-0.1, -0.05) is 12.1 Å². The van der Waals surface area contributed by atoms with E-state index in [4.69, 9.17) is 4.74 Å². The number of ether oxygens (including phenoxy) is 1. The summed E-state index contributed by atoms with van der Waals surface area (Å²) in [7, 11) is 1.64. The number of methoxy groups -OCH3 is 1. The number of fused-ring (bicyclic) bond motifs is 2. The number of aliphatic hydroxyl groups excluding tert-OH is 1. The number of aliphatic hydroxyl groups is 1. The summed E-state index contributed by atoms with van der Waals surface area (Å²) in [6.45, 7) is 0.677. The van der Waals surface area contributed by atoms with Crippen LogP contribution < -0.4 is 15.4 Å². The fourth-order valence-corrected chi connectivity index (χ4v) is 5.69. The molecule has 34 heavy (non-hydrogen) atoms. The fraction of sp³-hybridized carbons (Fsp3) is 0.423. The van der Waals surface area contributed by atoms with Crippen molar-refractivity contribution < 1.29 is 14.6 Å². The summed E-state index contributed by atoms with van der Waals surface area (Å²) in [4.78, 5) is 21.7. The number of hydrogen-bond acceptors (Lipinski definition) is 7. The maximum atomic E-state index is 11.6. The van der Waals surface area contributed by atoms with E-state index in [1.54, 1.807) is 13.3 Å². The monoisotopic (exact) mass is 478 g/mol. The number of nitrogens with zero attached hydrogens (tertiary/aromatic N) is 2. The molecule has 3 aromatic rings. The Morgan fingerprint density at radius 1 is 1.24 bits per heavy atom. The minimum absolute atomic E-state index is 0.00545. The first-order chi connectivity index (χ1) is 16.6. The van der Waals surface area contributed by atoms with Crippen molar-refractivity contribution in [3.05, 3.63) is 53.9 Å². The van der Waals surface area contributed by atoms with Crippen molar-refractivity contribution in [3.63, 3.8) is 0 Å². The van der Waals surface area contributed by atoms with E-state index < -0.39 is 0 Å². The molecular weight excluding hydrogens is 448 g/mol. The van der Waals surface area contributed by atoms with Gasteiger partial charge in [0.1, 0.15) is 11.6 Å². The summed E-state index contributed by atoms with van der Waals surface area (Å²) >= 11 is 1.53. The lowest BCUT2D eigenvalue weighted by Crippen LogP contribution is -2.36. The maximum absolute atomic E-state index is 11.6. The molecule has 0 bridgehead atoms. The van der Waals surface area contributed by atoms with Crippen molar-refractivity contribution in [1.29, 1.82) is 0 Å². The molecule has 0 saturated heterocycles. The number of nitrogens with one attached hydrogen (secondary N) is 2. The molecule has 1 amide bonds. The zero-order chi connectivity index (χ0) is 23.5. The van der Waals surface area contributed by atoms with Crippen LogP contribution in [0, 0.1) is 5.92 Å². The summed E-state index contributed by atoms with van der Waals surface area (Å²) in [5.41, 5.74) is 2.97. The molecule has 3 N–H and O–H groups in total. The highest BCUT2D eigenvalue weighted by Crippen LogP contribution is 2.32. The summed E-state index contributed by atoms with van der Waals surface area (Å²) < 4.78 is 5.34. The second-order valence-electron chi connectivity index (χ2n) is 9.11. The summed E-state index contributed by atoms with van der Waals surface area (Å²) in [6.07, 6.45) is 6.03. The highest BCUT2D eigenvalue weighted by molar-refractivity contribution is 8.00. The molecule has 1 saturated carbocycles. The van der Waals surface area contributed by atoms with Crippen molar-refractivity contribution in [1.82, 2.24) is 15.3 Å². The van der Waals surface area contributed by atoms with Gasteiger partial charge in [-0.25, -0.2) is 4.98 Å². The second-order valence-corrected chi connectivity index (χ2v) is 10.1. The van der Waals surface area contributed by atoms with Crippen molar-refractivity contribution in [2.24, 2.45) is 5.92 Å². The molecule has 3 heterocycles. The van der Waals surface area contributed by atoms with Gasteiger partial charge in [0, 0.05) is 18.0 Å². The third-order valence-electron chi connectivity index (χ3n) is 6.88. The minimum Gasteiger partial charge on any atom is -0.495 e. The maximum Gasteiger partial charge on any atom is 0.235 e. The van der Waals surface area contributed by atoms with Gasteiger partial charge in [0.15, 0.2) is 0 Å². The normalized spacial score (nSPS) is 21.1. The number of hydrogen-bond donors (Lipinski definition) is 3. The van der Waals surface area contributed by atoms with E-state index in [1.807, 2.05) is 30.3 Å². The first-order valence-corrected chi connectivity index (χ1v) is 12.8. The zero-order valence-electron chi connectivity index (χ0n) is 19.3. The molecule has 1 aromatic carbocycles. The number of carbonyl (C=O) groups excluding carboxylic acids is 1. The number of benzene rings is 1. The van der Waals surface area contributed by atoms with E-state index in [-0.39, 0.29) is 12.0 Å². The van der Waals surface area contributed by atoms with E-state index in [2.05, 4.69) is 26.7 Å². The molecule has 178 valence electrons. The van der Waals surface area contributed by atoms with Crippen LogP contribution in [0.4, 0.5) is 5.82 Å². The van der Waals surface area contributed by atoms with Crippen LogP contribution in [-0.4, -0.2) is 46.0 Å². The first-order valence-electron chi connectivity index (χ1n) is 11.8. The van der Waals surface area contributed by atoms with Crippen LogP contribution in [0.15, 0.2) is 47.5 Å². The molecular formula is C26H30N4O3S. The van der Waals surface area contributed by atoms with Crippen molar-refractivity contribution >= 4 is 34.4 Å². The Morgan fingerprint density at radius 3 is 2.91 bits per heavy atom. The Kier molecular flexibility index (Phi) is 6.99. The van der Waals surface area contributed by atoms with Gasteiger partial charge in [0.05, 0.1) is 41.3 Å². The largest absolute Gasteiger partial charge is 0.495 e. The SMILES string of the molecule is COc1cnc2cccc(C[C@@H](O)C3CCC(NCc4ccc5c(n4)NC(=O)CS5)CC3)c2c1. The van der Waals surface area contributed by atoms with E-state index in [0.29, 0.717) is 36.5 Å². The average molecular weight is 479 g/mol. The van der Waals surface area contributed by atoms with Crippen LogP contribution in [0.1, 0.15) is 36.9 Å². The molecule has 1 fully saturated rings. The zero-order valence-corrected chi connectivity index (χ0v) is 20.1. The number of thioether (sulfide) groups is 1. The summed E-state index contributed by atoms with van der Waals surface area (Å²) in [5.74, 6) is 2.16. The molecule has 1 aliphatic carbocycles. The quantitative estimate of drug-likeness (QED) is 0.473. The lowest BCUT2D eigenvalue weighted by Gasteiger charge is -2.32. The Balaban J connectivity index is 1.14. The predicted octanol–water partition coefficient (Wildman–Crippen LogP) is 3.93. The van der Waals surface area contributed by atoms with Crippen LogP contribution in [0.3, 0.4) is 0 Å². The lowest BCUT2D eigenvalue weighted by molar-refractivity contribution is -0.113. The Morgan fingerprint density at radius 2 is 2.09 bits per heavy atom. The molecule has 0 unspecified atom stereocenters. The number of aromatic nitrogens is 2. The number of anilines is 1. The van der Waals surface area contributed by atoms with Crippen molar-refractivity contribution in [2.45, 2.75) is 55.7 Å². The number of pyridine rings is 2. The Labute approximate surface area is 203 Å². The molecule has 0 radical (unpaired) electrons. The average Bonchev–Trinajstić information content (AvgIpc) is 2.87. The van der Waals surface area contributed by atoms with E-state index in [0.717, 1.165) is 58.5 Å². The molecule has 8 heteroatoms. The van der Waals surface area contributed by atoms with Crippen molar-refractivity contribution in [2.75, 3.05) is 18.2 Å². The number of rotatable bonds is 7.